The lowest BCUT2D eigenvalue weighted by atomic mass is 9.82. The van der Waals surface area contributed by atoms with Crippen molar-refractivity contribution in [3.8, 4) is 0 Å². The topological polar surface area (TPSA) is 32.3 Å². The van der Waals surface area contributed by atoms with Crippen molar-refractivity contribution < 1.29 is 4.79 Å². The number of likely N-dealkylation sites (N-methyl/N-ethyl adjacent to an activating group) is 1. The van der Waals surface area contributed by atoms with Gasteiger partial charge in [-0.05, 0) is 36.5 Å². The molecule has 2 rings (SSSR count). The molecule has 0 saturated heterocycles. The molecule has 3 nitrogen and oxygen atoms in total. The van der Waals surface area contributed by atoms with Gasteiger partial charge in [-0.3, -0.25) is 4.79 Å². The zero-order valence-electron chi connectivity index (χ0n) is 11.4. The molecule has 1 aliphatic carbocycles. The lowest BCUT2D eigenvalue weighted by Crippen LogP contribution is -2.33. The van der Waals surface area contributed by atoms with E-state index >= 15 is 0 Å². The highest BCUT2D eigenvalue weighted by Crippen LogP contribution is 2.29. The van der Waals surface area contributed by atoms with Crippen LogP contribution in [-0.2, 0) is 11.2 Å². The Morgan fingerprint density at radius 1 is 1.28 bits per heavy atom. The second kappa shape index (κ2) is 5.42. The third-order valence-electron chi connectivity index (χ3n) is 3.55. The molecule has 0 unspecified atom stereocenters. The highest BCUT2D eigenvalue weighted by atomic mass is 16.2. The minimum atomic E-state index is 0.142. The van der Waals surface area contributed by atoms with Crippen molar-refractivity contribution in [3.63, 3.8) is 0 Å². The van der Waals surface area contributed by atoms with Gasteiger partial charge in [-0.2, -0.15) is 0 Å². The van der Waals surface area contributed by atoms with Gasteiger partial charge in [-0.25, -0.2) is 0 Å². The van der Waals surface area contributed by atoms with E-state index in [-0.39, 0.29) is 5.91 Å². The Kier molecular flexibility index (Phi) is 3.90. The number of carbonyl (C=O) groups excluding carboxylic acids is 1. The first-order chi connectivity index (χ1) is 8.54. The number of amides is 1. The van der Waals surface area contributed by atoms with Gasteiger partial charge in [0.2, 0.25) is 5.91 Å². The summed E-state index contributed by atoms with van der Waals surface area (Å²) in [5.41, 5.74) is 2.23. The van der Waals surface area contributed by atoms with E-state index in [0.717, 1.165) is 17.2 Å². The summed E-state index contributed by atoms with van der Waals surface area (Å²) in [7, 11) is 3.58. The number of rotatable bonds is 4. The van der Waals surface area contributed by atoms with Crippen molar-refractivity contribution in [2.45, 2.75) is 32.2 Å². The monoisotopic (exact) mass is 246 g/mol. The van der Waals surface area contributed by atoms with Gasteiger partial charge in [0, 0.05) is 25.8 Å². The number of nitrogens with one attached hydrogen (secondary N) is 1. The molecular weight excluding hydrogens is 224 g/mol. The molecule has 1 fully saturated rings. The van der Waals surface area contributed by atoms with Gasteiger partial charge in [0.05, 0.1) is 6.42 Å². The van der Waals surface area contributed by atoms with Gasteiger partial charge in [-0.15, -0.1) is 0 Å². The SMILES string of the molecule is CC1CC(Nc2ccc(CC(=O)N(C)C)cc2)C1. The second-order valence-electron chi connectivity index (χ2n) is 5.58. The molecule has 1 N–H and O–H groups in total. The summed E-state index contributed by atoms with van der Waals surface area (Å²) >= 11 is 0. The number of carbonyl (C=O) groups is 1. The number of benzene rings is 1. The molecule has 1 amide bonds. The molecule has 1 aliphatic rings. The van der Waals surface area contributed by atoms with Crippen molar-refractivity contribution in [2.75, 3.05) is 19.4 Å². The van der Waals surface area contributed by atoms with Crippen LogP contribution in [0.1, 0.15) is 25.3 Å². The van der Waals surface area contributed by atoms with E-state index in [0.29, 0.717) is 12.5 Å². The maximum absolute atomic E-state index is 11.6. The maximum atomic E-state index is 11.6. The summed E-state index contributed by atoms with van der Waals surface area (Å²) in [6.07, 6.45) is 3.01. The van der Waals surface area contributed by atoms with Gasteiger partial charge >= 0.3 is 0 Å². The standard InChI is InChI=1S/C15H22N2O/c1-11-8-14(9-11)16-13-6-4-12(5-7-13)10-15(18)17(2)3/h4-7,11,14,16H,8-10H2,1-3H3. The molecule has 1 aromatic carbocycles. The van der Waals surface area contributed by atoms with Crippen LogP contribution in [0, 0.1) is 5.92 Å². The van der Waals surface area contributed by atoms with Crippen LogP contribution in [0.15, 0.2) is 24.3 Å². The molecule has 1 aromatic rings. The van der Waals surface area contributed by atoms with E-state index < -0.39 is 0 Å². The van der Waals surface area contributed by atoms with E-state index in [1.165, 1.54) is 12.8 Å². The zero-order valence-corrected chi connectivity index (χ0v) is 11.4. The van der Waals surface area contributed by atoms with E-state index in [1.807, 2.05) is 12.1 Å². The number of hydrogen-bond donors (Lipinski definition) is 1. The number of hydrogen-bond acceptors (Lipinski definition) is 2. The summed E-state index contributed by atoms with van der Waals surface area (Å²) in [5, 5.41) is 3.52. The molecular formula is C15H22N2O. The fourth-order valence-electron chi connectivity index (χ4n) is 2.31. The van der Waals surface area contributed by atoms with Gasteiger partial charge < -0.3 is 10.2 Å². The zero-order chi connectivity index (χ0) is 13.1. The summed E-state index contributed by atoms with van der Waals surface area (Å²) in [4.78, 5) is 13.2. The minimum Gasteiger partial charge on any atom is -0.382 e. The predicted molar refractivity (Wildman–Crippen MR) is 74.6 cm³/mol. The molecule has 0 aliphatic heterocycles. The maximum Gasteiger partial charge on any atom is 0.226 e. The van der Waals surface area contributed by atoms with Gasteiger partial charge in [0.25, 0.3) is 0 Å². The van der Waals surface area contributed by atoms with Crippen molar-refractivity contribution >= 4 is 11.6 Å². The average Bonchev–Trinajstić information content (AvgIpc) is 2.29. The first kappa shape index (κ1) is 12.9. The Labute approximate surface area is 109 Å². The van der Waals surface area contributed by atoms with E-state index in [1.54, 1.807) is 19.0 Å². The molecule has 0 bridgehead atoms. The molecule has 1 saturated carbocycles. The molecule has 0 atom stereocenters. The molecule has 98 valence electrons. The molecule has 3 heteroatoms. The summed E-state index contributed by atoms with van der Waals surface area (Å²) in [6, 6.07) is 8.84. The first-order valence-corrected chi connectivity index (χ1v) is 6.60. The van der Waals surface area contributed by atoms with Gasteiger partial charge in [-0.1, -0.05) is 19.1 Å². The predicted octanol–water partition coefficient (Wildman–Crippen LogP) is 2.53. The third-order valence-corrected chi connectivity index (χ3v) is 3.55. The Morgan fingerprint density at radius 2 is 1.89 bits per heavy atom. The molecule has 0 spiro atoms. The van der Waals surface area contributed by atoms with Crippen LogP contribution in [0.3, 0.4) is 0 Å². The summed E-state index contributed by atoms with van der Waals surface area (Å²) in [5.74, 6) is 1.00. The quantitative estimate of drug-likeness (QED) is 0.885. The Bertz CT molecular complexity index is 405. The molecule has 18 heavy (non-hydrogen) atoms. The normalized spacial score (nSPS) is 22.2. The van der Waals surface area contributed by atoms with Crippen LogP contribution in [0.2, 0.25) is 0 Å². The third kappa shape index (κ3) is 3.25. The lowest BCUT2D eigenvalue weighted by molar-refractivity contribution is -0.127. The van der Waals surface area contributed by atoms with Crippen LogP contribution in [0.4, 0.5) is 5.69 Å². The summed E-state index contributed by atoms with van der Waals surface area (Å²) in [6.45, 7) is 2.29. The molecule has 0 aromatic heterocycles. The van der Waals surface area contributed by atoms with Crippen molar-refractivity contribution in [1.82, 2.24) is 4.90 Å². The average molecular weight is 246 g/mol. The van der Waals surface area contributed by atoms with Crippen molar-refractivity contribution in [2.24, 2.45) is 5.92 Å². The largest absolute Gasteiger partial charge is 0.382 e. The number of nitrogens with zero attached hydrogens (tertiary/aromatic N) is 1. The van der Waals surface area contributed by atoms with Crippen LogP contribution < -0.4 is 5.32 Å². The van der Waals surface area contributed by atoms with E-state index in [2.05, 4.69) is 24.4 Å². The van der Waals surface area contributed by atoms with E-state index in [4.69, 9.17) is 0 Å². The van der Waals surface area contributed by atoms with Crippen LogP contribution in [0.5, 0.6) is 0 Å². The Balaban J connectivity index is 1.87. The van der Waals surface area contributed by atoms with Crippen LogP contribution in [0.25, 0.3) is 0 Å². The van der Waals surface area contributed by atoms with Crippen molar-refractivity contribution in [1.29, 1.82) is 0 Å². The number of anilines is 1. The van der Waals surface area contributed by atoms with Gasteiger partial charge in [0.1, 0.15) is 0 Å². The fraction of sp³-hybridized carbons (Fsp3) is 0.533. The Morgan fingerprint density at radius 3 is 2.39 bits per heavy atom. The highest BCUT2D eigenvalue weighted by Gasteiger charge is 2.24. The second-order valence-corrected chi connectivity index (χ2v) is 5.58. The minimum absolute atomic E-state index is 0.142. The van der Waals surface area contributed by atoms with Crippen LogP contribution in [-0.4, -0.2) is 30.9 Å². The Hall–Kier alpha value is -1.51. The fourth-order valence-corrected chi connectivity index (χ4v) is 2.31. The molecule has 0 radical (unpaired) electrons. The first-order valence-electron chi connectivity index (χ1n) is 6.60. The lowest BCUT2D eigenvalue weighted by Gasteiger charge is -2.34. The smallest absolute Gasteiger partial charge is 0.226 e. The van der Waals surface area contributed by atoms with Crippen molar-refractivity contribution in [3.05, 3.63) is 29.8 Å². The molecule has 0 heterocycles. The van der Waals surface area contributed by atoms with Crippen LogP contribution >= 0.6 is 0 Å². The highest BCUT2D eigenvalue weighted by molar-refractivity contribution is 5.78. The van der Waals surface area contributed by atoms with Gasteiger partial charge in [0.15, 0.2) is 0 Å². The van der Waals surface area contributed by atoms with E-state index in [9.17, 15) is 4.79 Å². The summed E-state index contributed by atoms with van der Waals surface area (Å²) < 4.78 is 0.